The van der Waals surface area contributed by atoms with Crippen molar-refractivity contribution in [2.75, 3.05) is 13.7 Å². The second-order valence-electron chi connectivity index (χ2n) is 5.11. The largest absolute Gasteiger partial charge is 0.395 e. The van der Waals surface area contributed by atoms with Gasteiger partial charge in [-0.3, -0.25) is 4.90 Å². The molecule has 2 unspecified atom stereocenters. The molecule has 0 fully saturated rings. The van der Waals surface area contributed by atoms with Crippen LogP contribution in [0.1, 0.15) is 19.4 Å². The van der Waals surface area contributed by atoms with Gasteiger partial charge in [0.1, 0.15) is 5.82 Å². The average molecular weight is 254 g/mol. The van der Waals surface area contributed by atoms with Gasteiger partial charge in [0.15, 0.2) is 0 Å². The van der Waals surface area contributed by atoms with E-state index in [9.17, 15) is 9.50 Å². The zero-order valence-corrected chi connectivity index (χ0v) is 11.3. The van der Waals surface area contributed by atoms with Crippen LogP contribution in [0.2, 0.25) is 0 Å². The maximum absolute atomic E-state index is 12.8. The third-order valence-electron chi connectivity index (χ3n) is 3.31. The summed E-state index contributed by atoms with van der Waals surface area (Å²) in [4.78, 5) is 2.01. The number of rotatable bonds is 6. The fraction of sp³-hybridized carbons (Fsp3) is 0.571. The standard InChI is InChI=1S/C14H23FN2O/c1-10(2)14(16)13(9-18)17(3)8-11-4-6-12(15)7-5-11/h4-7,10,13-14,18H,8-9,16H2,1-3H3. The minimum absolute atomic E-state index is 0.0248. The van der Waals surface area contributed by atoms with Crippen molar-refractivity contribution in [2.45, 2.75) is 32.5 Å². The summed E-state index contributed by atoms with van der Waals surface area (Å²) in [7, 11) is 1.92. The zero-order valence-electron chi connectivity index (χ0n) is 11.3. The van der Waals surface area contributed by atoms with Crippen molar-refractivity contribution in [1.29, 1.82) is 0 Å². The van der Waals surface area contributed by atoms with E-state index in [1.54, 1.807) is 12.1 Å². The molecule has 0 saturated carbocycles. The predicted octanol–water partition coefficient (Wildman–Crippen LogP) is 1.60. The monoisotopic (exact) mass is 254 g/mol. The highest BCUT2D eigenvalue weighted by Gasteiger charge is 2.23. The molecule has 1 aromatic rings. The smallest absolute Gasteiger partial charge is 0.123 e. The van der Waals surface area contributed by atoms with Crippen molar-refractivity contribution >= 4 is 0 Å². The normalized spacial score (nSPS) is 15.1. The Balaban J connectivity index is 2.67. The summed E-state index contributed by atoms with van der Waals surface area (Å²) in [6.07, 6.45) is 0. The Labute approximate surface area is 108 Å². The molecule has 0 aliphatic rings. The van der Waals surface area contributed by atoms with E-state index in [1.807, 2.05) is 25.8 Å². The first kappa shape index (κ1) is 15.1. The van der Waals surface area contributed by atoms with Crippen LogP contribution in [0.15, 0.2) is 24.3 Å². The summed E-state index contributed by atoms with van der Waals surface area (Å²) in [5.74, 6) is 0.0665. The van der Waals surface area contributed by atoms with Gasteiger partial charge in [0.05, 0.1) is 6.61 Å². The lowest BCUT2D eigenvalue weighted by Gasteiger charge is -2.33. The molecule has 0 amide bonds. The van der Waals surface area contributed by atoms with Crippen LogP contribution in [0.5, 0.6) is 0 Å². The number of nitrogens with two attached hydrogens (primary N) is 1. The van der Waals surface area contributed by atoms with Gasteiger partial charge in [-0.05, 0) is 30.7 Å². The first-order valence-corrected chi connectivity index (χ1v) is 6.26. The summed E-state index contributed by atoms with van der Waals surface area (Å²) in [5, 5.41) is 9.46. The van der Waals surface area contributed by atoms with Gasteiger partial charge in [-0.2, -0.15) is 0 Å². The number of halogens is 1. The average Bonchev–Trinajstić information content (AvgIpc) is 2.32. The fourth-order valence-electron chi connectivity index (χ4n) is 1.99. The molecule has 0 radical (unpaired) electrons. The number of aliphatic hydroxyl groups excluding tert-OH is 1. The van der Waals surface area contributed by atoms with Crippen LogP contribution in [0, 0.1) is 11.7 Å². The Morgan fingerprint density at radius 1 is 1.28 bits per heavy atom. The lowest BCUT2D eigenvalue weighted by atomic mass is 9.96. The van der Waals surface area contributed by atoms with E-state index >= 15 is 0 Å². The minimum atomic E-state index is -0.237. The predicted molar refractivity (Wildman–Crippen MR) is 71.6 cm³/mol. The SMILES string of the molecule is CC(C)C(N)C(CO)N(C)Cc1ccc(F)cc1. The van der Waals surface area contributed by atoms with Crippen LogP contribution in [-0.2, 0) is 6.54 Å². The molecule has 1 aromatic carbocycles. The van der Waals surface area contributed by atoms with Gasteiger partial charge in [-0.15, -0.1) is 0 Å². The maximum atomic E-state index is 12.8. The second kappa shape index (κ2) is 6.83. The zero-order chi connectivity index (χ0) is 13.7. The number of nitrogens with zero attached hydrogens (tertiary/aromatic N) is 1. The maximum Gasteiger partial charge on any atom is 0.123 e. The van der Waals surface area contributed by atoms with Crippen LogP contribution in [0.3, 0.4) is 0 Å². The molecule has 0 spiro atoms. The molecule has 102 valence electrons. The summed E-state index contributed by atoms with van der Waals surface area (Å²) >= 11 is 0. The van der Waals surface area contributed by atoms with Crippen molar-refractivity contribution in [2.24, 2.45) is 11.7 Å². The number of aliphatic hydroxyl groups is 1. The van der Waals surface area contributed by atoms with Crippen LogP contribution in [0.4, 0.5) is 4.39 Å². The molecule has 0 aliphatic carbocycles. The number of hydrogen-bond donors (Lipinski definition) is 2. The van der Waals surface area contributed by atoms with E-state index in [0.717, 1.165) is 5.56 Å². The number of hydrogen-bond acceptors (Lipinski definition) is 3. The molecule has 0 aromatic heterocycles. The third kappa shape index (κ3) is 4.05. The first-order chi connectivity index (χ1) is 8.45. The molecule has 0 aliphatic heterocycles. The summed E-state index contributed by atoms with van der Waals surface area (Å²) < 4.78 is 12.8. The minimum Gasteiger partial charge on any atom is -0.395 e. The van der Waals surface area contributed by atoms with E-state index in [0.29, 0.717) is 12.5 Å². The number of benzene rings is 1. The molecular formula is C14H23FN2O. The summed E-state index contributed by atoms with van der Waals surface area (Å²) in [6, 6.07) is 6.22. The van der Waals surface area contributed by atoms with Crippen molar-refractivity contribution < 1.29 is 9.50 Å². The summed E-state index contributed by atoms with van der Waals surface area (Å²) in [6.45, 7) is 4.75. The van der Waals surface area contributed by atoms with Crippen molar-refractivity contribution in [3.8, 4) is 0 Å². The van der Waals surface area contributed by atoms with Crippen molar-refractivity contribution in [3.05, 3.63) is 35.6 Å². The highest BCUT2D eigenvalue weighted by Crippen LogP contribution is 2.13. The second-order valence-corrected chi connectivity index (χ2v) is 5.11. The van der Waals surface area contributed by atoms with Crippen LogP contribution in [-0.4, -0.2) is 35.7 Å². The van der Waals surface area contributed by atoms with Crippen molar-refractivity contribution in [3.63, 3.8) is 0 Å². The molecule has 4 heteroatoms. The van der Waals surface area contributed by atoms with E-state index in [4.69, 9.17) is 5.73 Å². The Bertz CT molecular complexity index is 353. The van der Waals surface area contributed by atoms with E-state index in [1.165, 1.54) is 12.1 Å². The Hall–Kier alpha value is -0.970. The van der Waals surface area contributed by atoms with E-state index in [2.05, 4.69) is 0 Å². The Morgan fingerprint density at radius 3 is 2.28 bits per heavy atom. The molecule has 1 rings (SSSR count). The Morgan fingerprint density at radius 2 is 1.83 bits per heavy atom. The van der Waals surface area contributed by atoms with Gasteiger partial charge in [0.2, 0.25) is 0 Å². The van der Waals surface area contributed by atoms with Crippen LogP contribution >= 0.6 is 0 Å². The van der Waals surface area contributed by atoms with Gasteiger partial charge in [0, 0.05) is 18.6 Å². The van der Waals surface area contributed by atoms with Gasteiger partial charge < -0.3 is 10.8 Å². The number of likely N-dealkylation sites (N-methyl/N-ethyl adjacent to an activating group) is 1. The Kier molecular flexibility index (Phi) is 5.72. The van der Waals surface area contributed by atoms with E-state index < -0.39 is 0 Å². The van der Waals surface area contributed by atoms with Gasteiger partial charge in [0.25, 0.3) is 0 Å². The van der Waals surface area contributed by atoms with Gasteiger partial charge >= 0.3 is 0 Å². The topological polar surface area (TPSA) is 49.5 Å². The first-order valence-electron chi connectivity index (χ1n) is 6.26. The molecule has 3 nitrogen and oxygen atoms in total. The molecular weight excluding hydrogens is 231 g/mol. The van der Waals surface area contributed by atoms with Crippen molar-refractivity contribution in [1.82, 2.24) is 4.90 Å². The quantitative estimate of drug-likeness (QED) is 0.810. The molecule has 0 bridgehead atoms. The fourth-order valence-corrected chi connectivity index (χ4v) is 1.99. The lowest BCUT2D eigenvalue weighted by molar-refractivity contribution is 0.107. The van der Waals surface area contributed by atoms with Crippen LogP contribution < -0.4 is 5.73 Å². The van der Waals surface area contributed by atoms with Gasteiger partial charge in [-0.1, -0.05) is 26.0 Å². The highest BCUT2D eigenvalue weighted by atomic mass is 19.1. The molecule has 18 heavy (non-hydrogen) atoms. The van der Waals surface area contributed by atoms with E-state index in [-0.39, 0.29) is 24.5 Å². The molecule has 0 saturated heterocycles. The third-order valence-corrected chi connectivity index (χ3v) is 3.31. The molecule has 3 N–H and O–H groups in total. The van der Waals surface area contributed by atoms with Crippen LogP contribution in [0.25, 0.3) is 0 Å². The lowest BCUT2D eigenvalue weighted by Crippen LogP contribution is -2.50. The van der Waals surface area contributed by atoms with Gasteiger partial charge in [-0.25, -0.2) is 4.39 Å². The molecule has 2 atom stereocenters. The highest BCUT2D eigenvalue weighted by molar-refractivity contribution is 5.16. The molecule has 0 heterocycles. The summed E-state index contributed by atoms with van der Waals surface area (Å²) in [5.41, 5.74) is 7.10.